The van der Waals surface area contributed by atoms with Gasteiger partial charge in [-0.25, -0.2) is 4.39 Å². The first-order chi connectivity index (χ1) is 14.6. The van der Waals surface area contributed by atoms with E-state index in [0.29, 0.717) is 48.6 Å². The molecule has 0 radical (unpaired) electrons. The predicted molar refractivity (Wildman–Crippen MR) is 103 cm³/mol. The number of carbonyl (C=O) groups excluding carboxylic acids is 3. The Hall–Kier alpha value is -3.23. The molecule has 0 unspecified atom stereocenters. The Morgan fingerprint density at radius 3 is 2.61 bits per heavy atom. The number of benzene rings is 2. The fourth-order valence-corrected chi connectivity index (χ4v) is 4.27. The molecule has 1 fully saturated rings. The molecule has 2 amide bonds. The van der Waals surface area contributed by atoms with E-state index in [2.05, 4.69) is 10.6 Å². The van der Waals surface area contributed by atoms with Gasteiger partial charge in [0.25, 0.3) is 11.8 Å². The molecule has 1 aliphatic carbocycles. The molecule has 2 N–H and O–H groups in total. The average Bonchev–Trinajstić information content (AvgIpc) is 3.05. The third-order valence-electron chi connectivity index (χ3n) is 5.68. The van der Waals surface area contributed by atoms with Crippen molar-refractivity contribution in [1.29, 1.82) is 0 Å². The van der Waals surface area contributed by atoms with Gasteiger partial charge in [0.15, 0.2) is 0 Å². The van der Waals surface area contributed by atoms with Crippen molar-refractivity contribution >= 4 is 23.3 Å². The molecule has 0 saturated heterocycles. The average molecular weight is 434 g/mol. The Labute approximate surface area is 174 Å². The van der Waals surface area contributed by atoms with Gasteiger partial charge in [0.05, 0.1) is 11.6 Å². The number of alkyl halides is 3. The second-order valence-electron chi connectivity index (χ2n) is 7.79. The molecule has 2 aromatic rings. The van der Waals surface area contributed by atoms with E-state index in [1.807, 2.05) is 0 Å². The molecule has 9 heteroatoms. The number of rotatable bonds is 3. The fourth-order valence-electron chi connectivity index (χ4n) is 4.27. The smallest absolute Gasteiger partial charge is 0.345 e. The van der Waals surface area contributed by atoms with Crippen molar-refractivity contribution in [1.82, 2.24) is 5.32 Å². The number of hydrogen-bond donors (Lipinski definition) is 2. The maximum absolute atomic E-state index is 13.7. The van der Waals surface area contributed by atoms with E-state index in [9.17, 15) is 31.9 Å². The molecule has 31 heavy (non-hydrogen) atoms. The van der Waals surface area contributed by atoms with E-state index < -0.39 is 35.1 Å². The van der Waals surface area contributed by atoms with Crippen LogP contribution in [0.2, 0.25) is 0 Å². The summed E-state index contributed by atoms with van der Waals surface area (Å²) >= 11 is 0. The summed E-state index contributed by atoms with van der Waals surface area (Å²) < 4.78 is 52.6. The Morgan fingerprint density at radius 2 is 1.90 bits per heavy atom. The number of Topliss-reactive ketones (excluding diaryl/α,β-unsaturated/α-hetero) is 1. The van der Waals surface area contributed by atoms with Crippen molar-refractivity contribution < 1.29 is 31.9 Å². The summed E-state index contributed by atoms with van der Waals surface area (Å²) in [5, 5.41) is 5.37. The Bertz CT molecular complexity index is 1080. The minimum absolute atomic E-state index is 0.0971. The first kappa shape index (κ1) is 21.0. The minimum atomic E-state index is -4.81. The van der Waals surface area contributed by atoms with Crippen LogP contribution in [0.5, 0.6) is 0 Å². The predicted octanol–water partition coefficient (Wildman–Crippen LogP) is 4.64. The van der Waals surface area contributed by atoms with Crippen molar-refractivity contribution in [3.63, 3.8) is 0 Å². The lowest BCUT2D eigenvalue weighted by atomic mass is 9.80. The molecular formula is C22H18F4N2O3. The van der Waals surface area contributed by atoms with E-state index in [1.165, 1.54) is 12.1 Å². The summed E-state index contributed by atoms with van der Waals surface area (Å²) in [4.78, 5) is 37.0. The molecule has 1 heterocycles. The second kappa shape index (κ2) is 7.79. The summed E-state index contributed by atoms with van der Waals surface area (Å²) in [6.45, 7) is 0. The van der Waals surface area contributed by atoms with Crippen LogP contribution in [-0.4, -0.2) is 17.6 Å². The molecule has 2 aromatic carbocycles. The normalized spacial score (nSPS) is 20.9. The van der Waals surface area contributed by atoms with Crippen LogP contribution in [0.4, 0.5) is 23.2 Å². The highest BCUT2D eigenvalue weighted by molar-refractivity contribution is 6.07. The number of nitrogens with one attached hydrogen (secondary N) is 2. The van der Waals surface area contributed by atoms with Crippen molar-refractivity contribution in [3.8, 4) is 0 Å². The number of anilines is 1. The quantitative estimate of drug-likeness (QED) is 0.691. The second-order valence-corrected chi connectivity index (χ2v) is 7.79. The van der Waals surface area contributed by atoms with Gasteiger partial charge in [-0.1, -0.05) is 6.07 Å². The van der Waals surface area contributed by atoms with Gasteiger partial charge in [-0.05, 0) is 49.1 Å². The summed E-state index contributed by atoms with van der Waals surface area (Å²) in [6.07, 6.45) is -2.60. The molecule has 0 aromatic heterocycles. The summed E-state index contributed by atoms with van der Waals surface area (Å²) in [5.74, 6) is -2.51. The molecule has 162 valence electrons. The summed E-state index contributed by atoms with van der Waals surface area (Å²) in [7, 11) is 0. The topological polar surface area (TPSA) is 75.3 Å². The molecule has 1 aliphatic heterocycles. The van der Waals surface area contributed by atoms with E-state index in [-0.39, 0.29) is 23.3 Å². The van der Waals surface area contributed by atoms with Crippen molar-refractivity contribution in [2.75, 3.05) is 5.32 Å². The van der Waals surface area contributed by atoms with Crippen LogP contribution in [0.3, 0.4) is 0 Å². The van der Waals surface area contributed by atoms with Gasteiger partial charge in [-0.2, -0.15) is 13.2 Å². The summed E-state index contributed by atoms with van der Waals surface area (Å²) in [5.41, 5.74) is -0.705. The van der Waals surface area contributed by atoms with Gasteiger partial charge in [-0.15, -0.1) is 0 Å². The Morgan fingerprint density at radius 1 is 1.13 bits per heavy atom. The zero-order valence-electron chi connectivity index (χ0n) is 16.2. The molecule has 2 aliphatic rings. The van der Waals surface area contributed by atoms with Gasteiger partial charge in [-0.3, -0.25) is 14.4 Å². The maximum Gasteiger partial charge on any atom is 0.416 e. The van der Waals surface area contributed by atoms with Crippen molar-refractivity contribution in [2.24, 2.45) is 5.92 Å². The lowest BCUT2D eigenvalue weighted by Gasteiger charge is -2.28. The van der Waals surface area contributed by atoms with Crippen LogP contribution in [-0.2, 0) is 11.0 Å². The van der Waals surface area contributed by atoms with Gasteiger partial charge >= 0.3 is 6.18 Å². The fraction of sp³-hybridized carbons (Fsp3) is 0.318. The molecule has 5 nitrogen and oxygen atoms in total. The van der Waals surface area contributed by atoms with Crippen LogP contribution in [0.15, 0.2) is 36.4 Å². The van der Waals surface area contributed by atoms with E-state index >= 15 is 0 Å². The van der Waals surface area contributed by atoms with Gasteiger partial charge < -0.3 is 10.6 Å². The standard InChI is InChI=1S/C22H18F4N2O3/c23-14-8-12(7-13(10-14)22(24,25)26)20(30)27-17-6-2-5-16-18(17)19(28-21(16)31)11-3-1-4-15(29)9-11/h2,5-8,10-11,19H,1,3-4,9H2,(H,27,30)(H,28,31)/t11-,19-/m0/s1. The highest BCUT2D eigenvalue weighted by atomic mass is 19.4. The zero-order valence-corrected chi connectivity index (χ0v) is 16.2. The SMILES string of the molecule is O=C1CCC[C@H]([C@@H]2NC(=O)c3cccc(NC(=O)c4cc(F)cc(C(F)(F)F)c4)c32)C1. The Kier molecular flexibility index (Phi) is 5.28. The molecule has 1 saturated carbocycles. The number of hydrogen-bond acceptors (Lipinski definition) is 3. The van der Waals surface area contributed by atoms with Crippen LogP contribution in [0.1, 0.15) is 63.6 Å². The zero-order chi connectivity index (χ0) is 22.3. The number of amides is 2. The van der Waals surface area contributed by atoms with Crippen LogP contribution < -0.4 is 10.6 Å². The van der Waals surface area contributed by atoms with Crippen molar-refractivity contribution in [3.05, 3.63) is 64.5 Å². The number of fused-ring (bicyclic) bond motifs is 1. The van der Waals surface area contributed by atoms with Gasteiger partial charge in [0.1, 0.15) is 11.6 Å². The highest BCUT2D eigenvalue weighted by Crippen LogP contribution is 2.41. The largest absolute Gasteiger partial charge is 0.416 e. The third kappa shape index (κ3) is 4.17. The first-order valence-corrected chi connectivity index (χ1v) is 9.78. The number of ketones is 1. The molecular weight excluding hydrogens is 416 g/mol. The first-order valence-electron chi connectivity index (χ1n) is 9.78. The molecule has 0 spiro atoms. The molecule has 4 rings (SSSR count). The van der Waals surface area contributed by atoms with Crippen molar-refractivity contribution in [2.45, 2.75) is 37.9 Å². The van der Waals surface area contributed by atoms with Gasteiger partial charge in [0, 0.05) is 35.2 Å². The molecule has 0 bridgehead atoms. The lowest BCUT2D eigenvalue weighted by molar-refractivity contribution is -0.137. The third-order valence-corrected chi connectivity index (χ3v) is 5.68. The lowest BCUT2D eigenvalue weighted by Crippen LogP contribution is -2.30. The monoisotopic (exact) mass is 434 g/mol. The minimum Gasteiger partial charge on any atom is -0.345 e. The van der Waals surface area contributed by atoms with Crippen LogP contribution >= 0.6 is 0 Å². The number of carbonyl (C=O) groups is 3. The maximum atomic E-state index is 13.7. The highest BCUT2D eigenvalue weighted by Gasteiger charge is 2.38. The van der Waals surface area contributed by atoms with E-state index in [1.54, 1.807) is 6.07 Å². The van der Waals surface area contributed by atoms with Crippen LogP contribution in [0.25, 0.3) is 0 Å². The summed E-state index contributed by atoms with van der Waals surface area (Å²) in [6, 6.07) is 5.75. The number of halogens is 4. The van der Waals surface area contributed by atoms with Gasteiger partial charge in [0.2, 0.25) is 0 Å². The van der Waals surface area contributed by atoms with E-state index in [4.69, 9.17) is 0 Å². The van der Waals surface area contributed by atoms with Crippen LogP contribution in [0, 0.1) is 11.7 Å². The van der Waals surface area contributed by atoms with E-state index in [0.717, 1.165) is 6.42 Å². The Balaban J connectivity index is 1.67. The molecule has 2 atom stereocenters.